The van der Waals surface area contributed by atoms with E-state index in [0.717, 1.165) is 0 Å². The first kappa shape index (κ1) is 29.8. The number of hydrogen-bond donors (Lipinski definition) is 7. The summed E-state index contributed by atoms with van der Waals surface area (Å²) >= 11 is 0. The van der Waals surface area contributed by atoms with Crippen LogP contribution in [0.1, 0.15) is 53.4 Å². The van der Waals surface area contributed by atoms with Crippen LogP contribution in [0.4, 0.5) is 0 Å². The monoisotopic (exact) mass is 472 g/mol. The number of carboxylic acids is 1. The summed E-state index contributed by atoms with van der Waals surface area (Å²) in [5, 5.41) is 16.6. The molecule has 0 heterocycles. The molecule has 0 aliphatic carbocycles. The Hall–Kier alpha value is -3.22. The van der Waals surface area contributed by atoms with Gasteiger partial charge >= 0.3 is 5.97 Å². The van der Waals surface area contributed by atoms with E-state index in [0.29, 0.717) is 6.42 Å². The predicted molar refractivity (Wildman–Crippen MR) is 118 cm³/mol. The lowest BCUT2D eigenvalue weighted by Gasteiger charge is -2.28. The molecule has 13 nitrogen and oxygen atoms in total. The third-order valence-electron chi connectivity index (χ3n) is 5.09. The summed E-state index contributed by atoms with van der Waals surface area (Å²) < 4.78 is 0. The second-order valence-electron chi connectivity index (χ2n) is 8.28. The van der Waals surface area contributed by atoms with Crippen LogP contribution in [0.15, 0.2) is 0 Å². The van der Waals surface area contributed by atoms with Crippen molar-refractivity contribution in [2.45, 2.75) is 77.5 Å². The third-order valence-corrected chi connectivity index (χ3v) is 5.09. The number of nitrogens with two attached hydrogens (primary N) is 3. The molecule has 33 heavy (non-hydrogen) atoms. The fourth-order valence-corrected chi connectivity index (χ4v) is 2.86. The van der Waals surface area contributed by atoms with Crippen molar-refractivity contribution in [1.29, 1.82) is 0 Å². The zero-order valence-electron chi connectivity index (χ0n) is 19.4. The molecule has 0 aliphatic rings. The van der Waals surface area contributed by atoms with Gasteiger partial charge in [-0.15, -0.1) is 0 Å². The Bertz CT molecular complexity index is 742. The highest BCUT2D eigenvalue weighted by Gasteiger charge is 2.33. The fraction of sp³-hybridized carbons (Fsp3) is 0.700. The highest BCUT2D eigenvalue weighted by atomic mass is 16.4. The van der Waals surface area contributed by atoms with Crippen LogP contribution in [-0.4, -0.2) is 64.8 Å². The van der Waals surface area contributed by atoms with Crippen molar-refractivity contribution in [3.8, 4) is 0 Å². The number of primary amides is 2. The van der Waals surface area contributed by atoms with E-state index < -0.39 is 77.9 Å². The van der Waals surface area contributed by atoms with Crippen molar-refractivity contribution in [1.82, 2.24) is 16.0 Å². The first-order valence-corrected chi connectivity index (χ1v) is 10.7. The van der Waals surface area contributed by atoms with E-state index in [4.69, 9.17) is 17.2 Å². The van der Waals surface area contributed by atoms with Gasteiger partial charge in [0.05, 0.1) is 12.5 Å². The summed E-state index contributed by atoms with van der Waals surface area (Å²) in [6.07, 6.45) is -0.382. The van der Waals surface area contributed by atoms with E-state index in [1.807, 2.05) is 0 Å². The van der Waals surface area contributed by atoms with Crippen molar-refractivity contribution in [2.24, 2.45) is 29.0 Å². The van der Waals surface area contributed by atoms with Gasteiger partial charge in [-0.3, -0.25) is 24.0 Å². The molecule has 188 valence electrons. The molecule has 5 unspecified atom stereocenters. The average molecular weight is 473 g/mol. The largest absolute Gasteiger partial charge is 0.480 e. The summed E-state index contributed by atoms with van der Waals surface area (Å²) in [6.45, 7) is 6.65. The molecule has 0 aromatic heterocycles. The van der Waals surface area contributed by atoms with Crippen LogP contribution in [-0.2, 0) is 28.8 Å². The summed E-state index contributed by atoms with van der Waals surface area (Å²) in [7, 11) is 0. The van der Waals surface area contributed by atoms with Crippen molar-refractivity contribution >= 4 is 35.5 Å². The van der Waals surface area contributed by atoms with Crippen LogP contribution >= 0.6 is 0 Å². The van der Waals surface area contributed by atoms with Gasteiger partial charge in [0.2, 0.25) is 29.5 Å². The summed E-state index contributed by atoms with van der Waals surface area (Å²) in [5.41, 5.74) is 15.8. The number of aliphatic carboxylic acids is 1. The highest BCUT2D eigenvalue weighted by Crippen LogP contribution is 2.11. The maximum atomic E-state index is 13.0. The number of nitrogens with one attached hydrogen (secondary N) is 3. The molecule has 0 aliphatic heterocycles. The first-order chi connectivity index (χ1) is 15.2. The minimum absolute atomic E-state index is 0.181. The van der Waals surface area contributed by atoms with Gasteiger partial charge in [0.15, 0.2) is 0 Å². The zero-order chi connectivity index (χ0) is 25.9. The summed E-state index contributed by atoms with van der Waals surface area (Å²) in [6, 6.07) is -4.89. The third kappa shape index (κ3) is 10.8. The molecule has 0 saturated carbocycles. The number of carboxylic acid groups (broad SMARTS) is 1. The van der Waals surface area contributed by atoms with Crippen molar-refractivity contribution in [3.63, 3.8) is 0 Å². The lowest BCUT2D eigenvalue weighted by molar-refractivity contribution is -0.143. The SMILES string of the molecule is CCC(C)C(NC(=O)C(N)CC(N)=O)C(=O)NC(CCC(N)=O)C(=O)NC(C(=O)O)C(C)C. The van der Waals surface area contributed by atoms with E-state index in [1.165, 1.54) is 0 Å². The first-order valence-electron chi connectivity index (χ1n) is 10.7. The average Bonchev–Trinajstić information content (AvgIpc) is 2.70. The lowest BCUT2D eigenvalue weighted by Crippen LogP contribution is -2.59. The van der Waals surface area contributed by atoms with E-state index in [9.17, 15) is 33.9 Å². The van der Waals surface area contributed by atoms with Gasteiger partial charge in [-0.05, 0) is 18.3 Å². The van der Waals surface area contributed by atoms with Gasteiger partial charge in [0.25, 0.3) is 0 Å². The van der Waals surface area contributed by atoms with Crippen molar-refractivity contribution in [2.75, 3.05) is 0 Å². The van der Waals surface area contributed by atoms with Gasteiger partial charge < -0.3 is 38.3 Å². The molecule has 0 saturated heterocycles. The molecule has 0 aromatic rings. The molecule has 5 amide bonds. The Kier molecular flexibility index (Phi) is 12.7. The summed E-state index contributed by atoms with van der Waals surface area (Å²) in [4.78, 5) is 71.7. The number of carbonyl (C=O) groups excluding carboxylic acids is 5. The van der Waals surface area contributed by atoms with E-state index in [2.05, 4.69) is 16.0 Å². The molecule has 0 radical (unpaired) electrons. The Morgan fingerprint density at radius 3 is 1.79 bits per heavy atom. The van der Waals surface area contributed by atoms with Gasteiger partial charge in [-0.2, -0.15) is 0 Å². The summed E-state index contributed by atoms with van der Waals surface area (Å²) in [5.74, 6) is -5.94. The van der Waals surface area contributed by atoms with Crippen LogP contribution < -0.4 is 33.2 Å². The predicted octanol–water partition coefficient (Wildman–Crippen LogP) is -2.30. The second-order valence-corrected chi connectivity index (χ2v) is 8.28. The quantitative estimate of drug-likeness (QED) is 0.136. The van der Waals surface area contributed by atoms with Crippen LogP contribution in [0.3, 0.4) is 0 Å². The van der Waals surface area contributed by atoms with Gasteiger partial charge in [-0.25, -0.2) is 4.79 Å². The van der Waals surface area contributed by atoms with Crippen LogP contribution in [0, 0.1) is 11.8 Å². The molecule has 13 heteroatoms. The zero-order valence-corrected chi connectivity index (χ0v) is 19.4. The number of carbonyl (C=O) groups is 6. The molecule has 0 bridgehead atoms. The van der Waals surface area contributed by atoms with Gasteiger partial charge in [0, 0.05) is 6.42 Å². The van der Waals surface area contributed by atoms with E-state index in [1.54, 1.807) is 27.7 Å². The molecule has 0 spiro atoms. The van der Waals surface area contributed by atoms with Crippen LogP contribution in [0.5, 0.6) is 0 Å². The molecule has 0 rings (SSSR count). The van der Waals surface area contributed by atoms with Crippen molar-refractivity contribution in [3.05, 3.63) is 0 Å². The number of rotatable bonds is 15. The van der Waals surface area contributed by atoms with E-state index >= 15 is 0 Å². The Balaban J connectivity index is 5.63. The lowest BCUT2D eigenvalue weighted by atomic mass is 9.96. The molecule has 0 aromatic carbocycles. The van der Waals surface area contributed by atoms with Crippen molar-refractivity contribution < 1.29 is 33.9 Å². The molecular formula is C20H36N6O7. The normalized spacial score (nSPS) is 15.5. The van der Waals surface area contributed by atoms with Gasteiger partial charge in [-0.1, -0.05) is 34.1 Å². The molecule has 10 N–H and O–H groups in total. The molecular weight excluding hydrogens is 436 g/mol. The Labute approximate surface area is 192 Å². The Morgan fingerprint density at radius 2 is 1.36 bits per heavy atom. The molecule has 5 atom stereocenters. The maximum absolute atomic E-state index is 13.0. The number of amides is 5. The van der Waals surface area contributed by atoms with E-state index in [-0.39, 0.29) is 12.8 Å². The number of hydrogen-bond acceptors (Lipinski definition) is 7. The van der Waals surface area contributed by atoms with Crippen LogP contribution in [0.25, 0.3) is 0 Å². The maximum Gasteiger partial charge on any atom is 0.326 e. The highest BCUT2D eigenvalue weighted by molar-refractivity contribution is 5.95. The smallest absolute Gasteiger partial charge is 0.326 e. The van der Waals surface area contributed by atoms with Gasteiger partial charge in [0.1, 0.15) is 18.1 Å². The minimum atomic E-state index is -1.28. The minimum Gasteiger partial charge on any atom is -0.480 e. The topological polar surface area (TPSA) is 237 Å². The standard InChI is InChI=1S/C20H36N6O7/c1-5-10(4)16(26-17(29)11(21)8-14(23)28)19(31)24-12(6-7-13(22)27)18(30)25-15(9(2)3)20(32)33/h9-12,15-16H,5-8,21H2,1-4H3,(H2,22,27)(H2,23,28)(H,24,31)(H,25,30)(H,26,29)(H,32,33). The molecule has 0 fully saturated rings. The van der Waals surface area contributed by atoms with Crippen LogP contribution in [0.2, 0.25) is 0 Å². The fourth-order valence-electron chi connectivity index (χ4n) is 2.86. The Morgan fingerprint density at radius 1 is 0.818 bits per heavy atom. The second kappa shape index (κ2) is 14.0.